The third kappa shape index (κ3) is 2.29. The van der Waals surface area contributed by atoms with Crippen LogP contribution in [-0.4, -0.2) is 41.1 Å². The van der Waals surface area contributed by atoms with Gasteiger partial charge in [-0.25, -0.2) is 0 Å². The van der Waals surface area contributed by atoms with Crippen molar-refractivity contribution in [3.63, 3.8) is 0 Å². The van der Waals surface area contributed by atoms with Crippen LogP contribution in [0.4, 0.5) is 23.5 Å². The Labute approximate surface area is 111 Å². The smallest absolute Gasteiger partial charge is 0.233 e. The van der Waals surface area contributed by atoms with E-state index < -0.39 is 0 Å². The number of nitrogens with one attached hydrogen (secondary N) is 1. The largest absolute Gasteiger partial charge is 0.337 e. The maximum atomic E-state index is 4.49. The molecule has 2 aromatic rings. The minimum absolute atomic E-state index is 0.616. The van der Waals surface area contributed by atoms with Crippen molar-refractivity contribution in [2.45, 2.75) is 0 Å². The van der Waals surface area contributed by atoms with Gasteiger partial charge < -0.3 is 15.1 Å². The lowest BCUT2D eigenvalue weighted by Gasteiger charge is -2.09. The minimum atomic E-state index is 0.616. The van der Waals surface area contributed by atoms with E-state index in [1.807, 2.05) is 30.3 Å². The first-order valence-electron chi connectivity index (χ1n) is 6.46. The second-order valence-corrected chi connectivity index (χ2v) is 4.72. The maximum absolute atomic E-state index is 4.49. The summed E-state index contributed by atoms with van der Waals surface area (Å²) in [4.78, 5) is 17.7. The number of para-hydroxylation sites is 1. The van der Waals surface area contributed by atoms with Crippen LogP contribution in [0.3, 0.4) is 0 Å². The van der Waals surface area contributed by atoms with Gasteiger partial charge in [0.05, 0.1) is 0 Å². The van der Waals surface area contributed by atoms with Crippen molar-refractivity contribution in [1.29, 1.82) is 0 Å². The molecule has 4 rings (SSSR count). The highest BCUT2D eigenvalue weighted by Crippen LogP contribution is 2.24. The Balaban J connectivity index is 1.66. The topological polar surface area (TPSA) is 56.7 Å². The van der Waals surface area contributed by atoms with Crippen LogP contribution in [0.5, 0.6) is 0 Å². The standard InChI is InChI=1S/C13H14N6/c1-2-4-10(5-3-1)14-11-15-12(18-6-7-18)17-13(16-11)19-8-9-19/h1-5H,6-9H2,(H,14,15,16,17). The number of nitrogens with zero attached hydrogens (tertiary/aromatic N) is 5. The predicted molar refractivity (Wildman–Crippen MR) is 74.0 cm³/mol. The van der Waals surface area contributed by atoms with E-state index in [1.165, 1.54) is 0 Å². The van der Waals surface area contributed by atoms with Crippen LogP contribution in [0.15, 0.2) is 30.3 Å². The maximum Gasteiger partial charge on any atom is 0.233 e. The molecule has 6 heteroatoms. The minimum Gasteiger partial charge on any atom is -0.337 e. The summed E-state index contributed by atoms with van der Waals surface area (Å²) < 4.78 is 0. The molecule has 0 unspecified atom stereocenters. The lowest BCUT2D eigenvalue weighted by molar-refractivity contribution is 1.01. The van der Waals surface area contributed by atoms with Crippen LogP contribution in [-0.2, 0) is 0 Å². The number of anilines is 4. The fraction of sp³-hybridized carbons (Fsp3) is 0.308. The van der Waals surface area contributed by atoms with E-state index >= 15 is 0 Å². The zero-order chi connectivity index (χ0) is 12.7. The number of benzene rings is 1. The Morgan fingerprint density at radius 2 is 1.37 bits per heavy atom. The molecular weight excluding hydrogens is 240 g/mol. The summed E-state index contributed by atoms with van der Waals surface area (Å²) in [7, 11) is 0. The van der Waals surface area contributed by atoms with E-state index in [1.54, 1.807) is 0 Å². The Hall–Kier alpha value is -2.37. The van der Waals surface area contributed by atoms with Crippen molar-refractivity contribution >= 4 is 23.5 Å². The molecule has 1 aromatic heterocycles. The van der Waals surface area contributed by atoms with Gasteiger partial charge in [0, 0.05) is 31.9 Å². The van der Waals surface area contributed by atoms with Crippen LogP contribution in [0.2, 0.25) is 0 Å². The predicted octanol–water partition coefficient (Wildman–Crippen LogP) is 1.26. The quantitative estimate of drug-likeness (QED) is 0.829. The Bertz CT molecular complexity index is 561. The normalized spacial score (nSPS) is 16.4. The van der Waals surface area contributed by atoms with Gasteiger partial charge in [-0.05, 0) is 12.1 Å². The molecule has 96 valence electrons. The first kappa shape index (κ1) is 10.5. The van der Waals surface area contributed by atoms with Crippen LogP contribution >= 0.6 is 0 Å². The number of hydrogen-bond acceptors (Lipinski definition) is 6. The van der Waals surface area contributed by atoms with Crippen molar-refractivity contribution in [3.05, 3.63) is 30.3 Å². The molecule has 1 aromatic carbocycles. The SMILES string of the molecule is c1ccc(Nc2nc(N3CC3)nc(N3CC3)n2)cc1. The molecule has 6 nitrogen and oxygen atoms in total. The molecule has 0 spiro atoms. The van der Waals surface area contributed by atoms with Gasteiger partial charge in [-0.1, -0.05) is 18.2 Å². The second-order valence-electron chi connectivity index (χ2n) is 4.72. The van der Waals surface area contributed by atoms with Gasteiger partial charge in [0.1, 0.15) is 0 Å². The van der Waals surface area contributed by atoms with Gasteiger partial charge >= 0.3 is 0 Å². The summed E-state index contributed by atoms with van der Waals surface area (Å²) in [6, 6.07) is 9.96. The zero-order valence-corrected chi connectivity index (χ0v) is 10.5. The van der Waals surface area contributed by atoms with Crippen LogP contribution < -0.4 is 15.1 Å². The fourth-order valence-corrected chi connectivity index (χ4v) is 1.84. The molecule has 2 fully saturated rings. The fourth-order valence-electron chi connectivity index (χ4n) is 1.84. The third-order valence-corrected chi connectivity index (χ3v) is 3.10. The lowest BCUT2D eigenvalue weighted by Crippen LogP contribution is -2.08. The van der Waals surface area contributed by atoms with Crippen molar-refractivity contribution in [3.8, 4) is 0 Å². The van der Waals surface area contributed by atoms with Crippen molar-refractivity contribution in [1.82, 2.24) is 15.0 Å². The molecule has 1 N–H and O–H groups in total. The van der Waals surface area contributed by atoms with Gasteiger partial charge in [-0.3, -0.25) is 0 Å². The summed E-state index contributed by atoms with van der Waals surface area (Å²) >= 11 is 0. The first-order chi connectivity index (χ1) is 9.38. The zero-order valence-electron chi connectivity index (χ0n) is 10.5. The van der Waals surface area contributed by atoms with E-state index in [2.05, 4.69) is 30.1 Å². The lowest BCUT2D eigenvalue weighted by atomic mass is 10.3. The van der Waals surface area contributed by atoms with Crippen molar-refractivity contribution in [2.24, 2.45) is 0 Å². The molecule has 3 heterocycles. The number of aromatic nitrogens is 3. The molecule has 0 bridgehead atoms. The van der Waals surface area contributed by atoms with Crippen molar-refractivity contribution in [2.75, 3.05) is 41.3 Å². The Kier molecular flexibility index (Phi) is 2.26. The van der Waals surface area contributed by atoms with Gasteiger partial charge in [0.15, 0.2) is 0 Å². The van der Waals surface area contributed by atoms with Crippen LogP contribution in [0, 0.1) is 0 Å². The van der Waals surface area contributed by atoms with Gasteiger partial charge in [0.2, 0.25) is 17.8 Å². The average Bonchev–Trinajstić information content (AvgIpc) is 3.31. The summed E-state index contributed by atoms with van der Waals surface area (Å²) in [6.07, 6.45) is 0. The molecular formula is C13H14N6. The highest BCUT2D eigenvalue weighted by atomic mass is 15.4. The van der Waals surface area contributed by atoms with E-state index in [0.717, 1.165) is 43.8 Å². The first-order valence-corrected chi connectivity index (χ1v) is 6.46. The van der Waals surface area contributed by atoms with Crippen LogP contribution in [0.25, 0.3) is 0 Å². The van der Waals surface area contributed by atoms with Gasteiger partial charge in [-0.2, -0.15) is 15.0 Å². The van der Waals surface area contributed by atoms with E-state index in [0.29, 0.717) is 5.95 Å². The highest BCUT2D eigenvalue weighted by molar-refractivity contribution is 5.57. The molecule has 0 aliphatic carbocycles. The van der Waals surface area contributed by atoms with Gasteiger partial charge in [0.25, 0.3) is 0 Å². The second kappa shape index (κ2) is 4.08. The molecule has 0 atom stereocenters. The molecule has 19 heavy (non-hydrogen) atoms. The number of hydrogen-bond donors (Lipinski definition) is 1. The average molecular weight is 254 g/mol. The van der Waals surface area contributed by atoms with E-state index in [-0.39, 0.29) is 0 Å². The summed E-state index contributed by atoms with van der Waals surface area (Å²) in [5.74, 6) is 2.16. The van der Waals surface area contributed by atoms with Gasteiger partial charge in [-0.15, -0.1) is 0 Å². The third-order valence-electron chi connectivity index (χ3n) is 3.10. The Morgan fingerprint density at radius 1 is 0.789 bits per heavy atom. The summed E-state index contributed by atoms with van der Waals surface area (Å²) in [6.45, 7) is 4.14. The molecule has 0 saturated carbocycles. The molecule has 0 amide bonds. The summed E-state index contributed by atoms with van der Waals surface area (Å²) in [5, 5.41) is 3.23. The molecule has 2 saturated heterocycles. The Morgan fingerprint density at radius 3 is 1.89 bits per heavy atom. The van der Waals surface area contributed by atoms with Crippen molar-refractivity contribution < 1.29 is 0 Å². The number of rotatable bonds is 4. The van der Waals surface area contributed by atoms with E-state index in [4.69, 9.17) is 0 Å². The highest BCUT2D eigenvalue weighted by Gasteiger charge is 2.27. The molecule has 2 aliphatic heterocycles. The summed E-state index contributed by atoms with van der Waals surface area (Å²) in [5.41, 5.74) is 0.988. The van der Waals surface area contributed by atoms with E-state index in [9.17, 15) is 0 Å². The molecule has 2 aliphatic rings. The molecule has 0 radical (unpaired) electrons. The monoisotopic (exact) mass is 254 g/mol. The van der Waals surface area contributed by atoms with Crippen LogP contribution in [0.1, 0.15) is 0 Å².